The highest BCUT2D eigenvalue weighted by molar-refractivity contribution is 6.30. The molecular weight excluding hydrogens is 464 g/mol. The van der Waals surface area contributed by atoms with Gasteiger partial charge in [0.1, 0.15) is 11.3 Å². The van der Waals surface area contributed by atoms with Gasteiger partial charge in [0.15, 0.2) is 11.5 Å². The summed E-state index contributed by atoms with van der Waals surface area (Å²) < 4.78 is 12.6. The first-order chi connectivity index (χ1) is 17.1. The second kappa shape index (κ2) is 9.56. The molecule has 5 rings (SSSR count). The molecule has 0 saturated carbocycles. The molecule has 2 aromatic heterocycles. The Bertz CT molecular complexity index is 1540. The van der Waals surface area contributed by atoms with Crippen LogP contribution in [0.2, 0.25) is 5.02 Å². The van der Waals surface area contributed by atoms with Crippen molar-refractivity contribution in [1.82, 2.24) is 14.8 Å². The third kappa shape index (κ3) is 4.46. The summed E-state index contributed by atoms with van der Waals surface area (Å²) >= 11 is 5.98. The molecule has 0 aliphatic carbocycles. The number of aromatic nitrogens is 3. The molecule has 5 aromatic rings. The number of para-hydroxylation sites is 1. The molecule has 35 heavy (non-hydrogen) atoms. The van der Waals surface area contributed by atoms with Gasteiger partial charge < -0.3 is 19.8 Å². The van der Waals surface area contributed by atoms with E-state index in [0.29, 0.717) is 40.0 Å². The Morgan fingerprint density at radius 1 is 0.943 bits per heavy atom. The molecule has 0 atom stereocenters. The fourth-order valence-corrected chi connectivity index (χ4v) is 4.09. The van der Waals surface area contributed by atoms with Crippen LogP contribution in [0.5, 0.6) is 11.5 Å². The number of anilines is 1. The van der Waals surface area contributed by atoms with Crippen LogP contribution in [0.4, 0.5) is 5.69 Å². The molecular formula is C27H23ClN4O3. The molecule has 176 valence electrons. The first-order valence-corrected chi connectivity index (χ1v) is 11.4. The smallest absolute Gasteiger partial charge is 0.254 e. The maximum Gasteiger partial charge on any atom is 0.254 e. The fraction of sp³-hybridized carbons (Fsp3) is 0.111. The number of hydrogen-bond donors (Lipinski definition) is 2. The average Bonchev–Trinajstić information content (AvgIpc) is 3.26. The van der Waals surface area contributed by atoms with Crippen molar-refractivity contribution in [3.63, 3.8) is 0 Å². The van der Waals surface area contributed by atoms with Gasteiger partial charge in [0, 0.05) is 33.8 Å². The van der Waals surface area contributed by atoms with Crippen LogP contribution < -0.4 is 20.3 Å². The third-order valence-corrected chi connectivity index (χ3v) is 6.00. The van der Waals surface area contributed by atoms with Crippen LogP contribution >= 0.6 is 11.6 Å². The minimum Gasteiger partial charge on any atom is -0.493 e. The van der Waals surface area contributed by atoms with Crippen molar-refractivity contribution in [2.75, 3.05) is 19.5 Å². The van der Waals surface area contributed by atoms with Gasteiger partial charge in [-0.3, -0.25) is 4.79 Å². The average molecular weight is 487 g/mol. The Labute approximate surface area is 206 Å². The van der Waals surface area contributed by atoms with Crippen molar-refractivity contribution < 1.29 is 9.47 Å². The highest BCUT2D eigenvalue weighted by Gasteiger charge is 2.18. The molecule has 0 radical (unpaired) electrons. The van der Waals surface area contributed by atoms with Crippen LogP contribution in [-0.2, 0) is 6.54 Å². The number of nitrogens with one attached hydrogen (secondary N) is 2. The zero-order chi connectivity index (χ0) is 24.4. The lowest BCUT2D eigenvalue weighted by molar-refractivity contribution is 0.355. The van der Waals surface area contributed by atoms with Gasteiger partial charge in [-0.1, -0.05) is 29.8 Å². The van der Waals surface area contributed by atoms with E-state index in [1.54, 1.807) is 31.0 Å². The second-order valence-corrected chi connectivity index (χ2v) is 8.35. The molecule has 2 heterocycles. The summed E-state index contributed by atoms with van der Waals surface area (Å²) in [5.41, 5.74) is 4.28. The number of pyridine rings is 1. The van der Waals surface area contributed by atoms with Crippen LogP contribution in [0.3, 0.4) is 0 Å². The molecule has 2 N–H and O–H groups in total. The van der Waals surface area contributed by atoms with Crippen LogP contribution in [0.15, 0.2) is 83.7 Å². The minimum absolute atomic E-state index is 0.185. The lowest BCUT2D eigenvalue weighted by Crippen LogP contribution is -2.16. The van der Waals surface area contributed by atoms with Crippen LogP contribution in [0.25, 0.3) is 28.0 Å². The molecule has 8 heteroatoms. The Hall–Kier alpha value is -4.23. The topological polar surface area (TPSA) is 81.2 Å². The highest BCUT2D eigenvalue weighted by Crippen LogP contribution is 2.35. The molecule has 0 saturated heterocycles. The molecule has 0 aliphatic heterocycles. The molecule has 0 fully saturated rings. The van der Waals surface area contributed by atoms with E-state index < -0.39 is 0 Å². The van der Waals surface area contributed by atoms with Gasteiger partial charge in [0.2, 0.25) is 0 Å². The van der Waals surface area contributed by atoms with Crippen molar-refractivity contribution in [2.24, 2.45) is 0 Å². The second-order valence-electron chi connectivity index (χ2n) is 7.91. The van der Waals surface area contributed by atoms with Gasteiger partial charge in [-0.2, -0.15) is 5.10 Å². The number of methoxy groups -OCH3 is 2. The summed E-state index contributed by atoms with van der Waals surface area (Å²) in [7, 11) is 3.20. The van der Waals surface area contributed by atoms with E-state index in [9.17, 15) is 4.79 Å². The van der Waals surface area contributed by atoms with Crippen molar-refractivity contribution in [1.29, 1.82) is 0 Å². The van der Waals surface area contributed by atoms with Gasteiger partial charge in [-0.25, -0.2) is 4.68 Å². The maximum absolute atomic E-state index is 13.0. The molecule has 7 nitrogen and oxygen atoms in total. The zero-order valence-electron chi connectivity index (χ0n) is 19.2. The molecule has 0 spiro atoms. The monoisotopic (exact) mass is 486 g/mol. The summed E-state index contributed by atoms with van der Waals surface area (Å²) in [4.78, 5) is 16.1. The quantitative estimate of drug-likeness (QED) is 0.310. The Morgan fingerprint density at radius 3 is 2.40 bits per heavy atom. The summed E-state index contributed by atoms with van der Waals surface area (Å²) in [6.07, 6.45) is 0. The SMILES string of the molecule is COc1ccc(-c2nn(-c3ccccc3)c3[nH]c(=O)c(CNc4ccc(Cl)cc4)cc23)cc1OC. The van der Waals surface area contributed by atoms with Crippen LogP contribution in [-0.4, -0.2) is 29.0 Å². The van der Waals surface area contributed by atoms with E-state index in [2.05, 4.69) is 10.3 Å². The number of ether oxygens (including phenoxy) is 2. The highest BCUT2D eigenvalue weighted by atomic mass is 35.5. The fourth-order valence-electron chi connectivity index (χ4n) is 3.96. The zero-order valence-corrected chi connectivity index (χ0v) is 20.0. The number of rotatable bonds is 7. The van der Waals surface area contributed by atoms with E-state index in [1.807, 2.05) is 66.7 Å². The summed E-state index contributed by atoms with van der Waals surface area (Å²) in [6, 6.07) is 24.6. The number of nitrogens with zero attached hydrogens (tertiary/aromatic N) is 2. The number of halogens is 1. The Kier molecular flexibility index (Phi) is 6.16. The third-order valence-electron chi connectivity index (χ3n) is 5.75. The van der Waals surface area contributed by atoms with E-state index in [4.69, 9.17) is 26.2 Å². The largest absolute Gasteiger partial charge is 0.493 e. The Balaban J connectivity index is 1.64. The minimum atomic E-state index is -0.185. The summed E-state index contributed by atoms with van der Waals surface area (Å²) in [5.74, 6) is 1.23. The standard InChI is InChI=1S/C27H23ClN4O3/c1-34-23-13-8-17(15-24(23)35-2)25-22-14-18(16-29-20-11-9-19(28)10-12-20)27(33)30-26(22)32(31-25)21-6-4-3-5-7-21/h3-15,29H,16H2,1-2H3,(H,30,33). The van der Waals surface area contributed by atoms with E-state index in [0.717, 1.165) is 22.3 Å². The molecule has 0 aliphatic rings. The first-order valence-electron chi connectivity index (χ1n) is 11.0. The van der Waals surface area contributed by atoms with Crippen molar-refractivity contribution >= 4 is 28.3 Å². The number of benzene rings is 3. The lowest BCUT2D eigenvalue weighted by atomic mass is 10.1. The normalized spacial score (nSPS) is 10.9. The van der Waals surface area contributed by atoms with Crippen molar-refractivity contribution in [3.8, 4) is 28.4 Å². The van der Waals surface area contributed by atoms with Crippen LogP contribution in [0.1, 0.15) is 5.56 Å². The van der Waals surface area contributed by atoms with Gasteiger partial charge in [0.05, 0.1) is 19.9 Å². The number of hydrogen-bond acceptors (Lipinski definition) is 5. The summed E-state index contributed by atoms with van der Waals surface area (Å²) in [5, 5.41) is 9.64. The van der Waals surface area contributed by atoms with E-state index in [-0.39, 0.29) is 5.56 Å². The summed E-state index contributed by atoms with van der Waals surface area (Å²) in [6.45, 7) is 0.342. The molecule has 0 unspecified atom stereocenters. The molecule has 0 bridgehead atoms. The van der Waals surface area contributed by atoms with Gasteiger partial charge in [-0.15, -0.1) is 0 Å². The van der Waals surface area contributed by atoms with Crippen molar-refractivity contribution in [2.45, 2.75) is 6.54 Å². The van der Waals surface area contributed by atoms with Gasteiger partial charge in [0.25, 0.3) is 5.56 Å². The lowest BCUT2D eigenvalue weighted by Gasteiger charge is -2.09. The Morgan fingerprint density at radius 2 is 1.69 bits per heavy atom. The maximum atomic E-state index is 13.0. The number of H-pyrrole nitrogens is 1. The van der Waals surface area contributed by atoms with Gasteiger partial charge >= 0.3 is 0 Å². The molecule has 0 amide bonds. The first kappa shape index (κ1) is 22.6. The number of fused-ring (bicyclic) bond motifs is 1. The predicted octanol–water partition coefficient (Wildman–Crippen LogP) is 5.66. The van der Waals surface area contributed by atoms with Crippen molar-refractivity contribution in [3.05, 3.63) is 99.8 Å². The van der Waals surface area contributed by atoms with E-state index >= 15 is 0 Å². The van der Waals surface area contributed by atoms with Gasteiger partial charge in [-0.05, 0) is 60.7 Å². The van der Waals surface area contributed by atoms with Crippen LogP contribution in [0, 0.1) is 0 Å². The predicted molar refractivity (Wildman–Crippen MR) is 139 cm³/mol. The van der Waals surface area contributed by atoms with E-state index in [1.165, 1.54) is 0 Å². The molecule has 3 aromatic carbocycles. The number of aromatic amines is 1.